The summed E-state index contributed by atoms with van der Waals surface area (Å²) in [6.45, 7) is 6.43. The minimum atomic E-state index is -0.228. The second kappa shape index (κ2) is 6.14. The molecule has 25 heavy (non-hydrogen) atoms. The summed E-state index contributed by atoms with van der Waals surface area (Å²) < 4.78 is 26.0. The highest BCUT2D eigenvalue weighted by molar-refractivity contribution is 5.42. The first-order valence-electron chi connectivity index (χ1n) is 9.12. The average Bonchev–Trinajstić information content (AvgIpc) is 2.57. The van der Waals surface area contributed by atoms with Crippen molar-refractivity contribution in [3.05, 3.63) is 65.0 Å². The largest absolute Gasteiger partial charge is 0.487 e. The highest BCUT2D eigenvalue weighted by atomic mass is 19.1. The van der Waals surface area contributed by atoms with E-state index in [1.54, 1.807) is 0 Å². The lowest BCUT2D eigenvalue weighted by atomic mass is 9.74. The molecule has 0 unspecified atom stereocenters. The van der Waals surface area contributed by atoms with Crippen molar-refractivity contribution in [3.8, 4) is 5.75 Å². The number of rotatable bonds is 2. The molecule has 0 amide bonds. The predicted molar refractivity (Wildman–Crippen MR) is 96.3 cm³/mol. The van der Waals surface area contributed by atoms with Crippen molar-refractivity contribution in [2.45, 2.75) is 57.8 Å². The summed E-state index contributed by atoms with van der Waals surface area (Å²) in [6.07, 6.45) is 3.14. The van der Waals surface area contributed by atoms with E-state index in [1.165, 1.54) is 23.3 Å². The zero-order chi connectivity index (χ0) is 17.6. The normalized spacial score (nSPS) is 27.1. The highest BCUT2D eigenvalue weighted by Gasteiger charge is 2.47. The number of hydrogen-bond acceptors (Lipinski definition) is 2. The summed E-state index contributed by atoms with van der Waals surface area (Å²) in [7, 11) is 0. The lowest BCUT2D eigenvalue weighted by molar-refractivity contribution is -0.149. The smallest absolute Gasteiger partial charge is 0.125 e. The first kappa shape index (κ1) is 16.6. The van der Waals surface area contributed by atoms with Gasteiger partial charge in [-0.25, -0.2) is 4.39 Å². The Bertz CT molecular complexity index is 766. The van der Waals surface area contributed by atoms with Gasteiger partial charge in [0.2, 0.25) is 0 Å². The highest BCUT2D eigenvalue weighted by Crippen LogP contribution is 2.50. The molecule has 3 heteroatoms. The van der Waals surface area contributed by atoms with E-state index in [1.807, 2.05) is 12.1 Å². The van der Waals surface area contributed by atoms with Crippen LogP contribution in [0.2, 0.25) is 0 Å². The first-order valence-corrected chi connectivity index (χ1v) is 9.12. The molecule has 132 valence electrons. The van der Waals surface area contributed by atoms with Gasteiger partial charge in [-0.05, 0) is 69.9 Å². The Kier molecular flexibility index (Phi) is 4.07. The monoisotopic (exact) mass is 340 g/mol. The third-order valence-electron chi connectivity index (χ3n) is 5.62. The first-order chi connectivity index (χ1) is 11.9. The van der Waals surface area contributed by atoms with E-state index in [0.29, 0.717) is 5.92 Å². The molecule has 1 saturated heterocycles. The second-order valence-corrected chi connectivity index (χ2v) is 7.94. The van der Waals surface area contributed by atoms with E-state index >= 15 is 0 Å². The lowest BCUT2D eigenvalue weighted by Gasteiger charge is -2.49. The van der Waals surface area contributed by atoms with Crippen LogP contribution in [0.25, 0.3) is 0 Å². The van der Waals surface area contributed by atoms with E-state index in [-0.39, 0.29) is 23.6 Å². The summed E-state index contributed by atoms with van der Waals surface area (Å²) in [5, 5.41) is 0. The third kappa shape index (κ3) is 3.18. The van der Waals surface area contributed by atoms with Crippen LogP contribution in [-0.4, -0.2) is 11.7 Å². The molecule has 2 aliphatic heterocycles. The lowest BCUT2D eigenvalue weighted by Crippen LogP contribution is -2.48. The standard InChI is InChI=1S/C22H25FO2/c1-14-4-11-20-18(12-14)21-19(22(2,3)25-20)10-9-17(24-21)13-15-5-7-16(23)8-6-15/h4-8,11-12,17,19,21H,9-10,13H2,1-3H3/t17-,19+,21-/m1/s1. The Balaban J connectivity index is 1.60. The van der Waals surface area contributed by atoms with Crippen LogP contribution in [0.4, 0.5) is 4.39 Å². The molecule has 0 spiro atoms. The number of ether oxygens (including phenoxy) is 2. The van der Waals surface area contributed by atoms with E-state index in [9.17, 15) is 4.39 Å². The molecule has 0 aliphatic carbocycles. The summed E-state index contributed by atoms with van der Waals surface area (Å²) in [5.74, 6) is 1.11. The molecular weight excluding hydrogens is 315 g/mol. The van der Waals surface area contributed by atoms with Crippen LogP contribution < -0.4 is 4.74 Å². The average molecular weight is 340 g/mol. The minimum Gasteiger partial charge on any atom is -0.487 e. The summed E-state index contributed by atoms with van der Waals surface area (Å²) in [6, 6.07) is 13.1. The van der Waals surface area contributed by atoms with Gasteiger partial charge in [-0.1, -0.05) is 23.8 Å². The van der Waals surface area contributed by atoms with Crippen LogP contribution in [0.3, 0.4) is 0 Å². The zero-order valence-electron chi connectivity index (χ0n) is 15.1. The zero-order valence-corrected chi connectivity index (χ0v) is 15.1. The Morgan fingerprint density at radius 2 is 1.84 bits per heavy atom. The number of fused-ring (bicyclic) bond motifs is 3. The Morgan fingerprint density at radius 3 is 2.60 bits per heavy atom. The molecular formula is C22H25FO2. The molecule has 0 aromatic heterocycles. The van der Waals surface area contributed by atoms with Gasteiger partial charge < -0.3 is 9.47 Å². The predicted octanol–water partition coefficient (Wildman–Crippen LogP) is 5.38. The van der Waals surface area contributed by atoms with Crippen LogP contribution in [0.5, 0.6) is 5.75 Å². The van der Waals surface area contributed by atoms with Gasteiger partial charge in [0.15, 0.2) is 0 Å². The molecule has 4 rings (SSSR count). The van der Waals surface area contributed by atoms with Crippen LogP contribution in [0, 0.1) is 18.7 Å². The molecule has 0 bridgehead atoms. The van der Waals surface area contributed by atoms with Crippen LogP contribution in [-0.2, 0) is 11.2 Å². The quantitative estimate of drug-likeness (QED) is 0.730. The minimum absolute atomic E-state index is 0.0675. The van der Waals surface area contributed by atoms with Gasteiger partial charge in [-0.15, -0.1) is 0 Å². The fourth-order valence-corrected chi connectivity index (χ4v) is 4.27. The summed E-state index contributed by atoms with van der Waals surface area (Å²) in [5.41, 5.74) is 3.30. The van der Waals surface area contributed by atoms with Crippen molar-refractivity contribution >= 4 is 0 Å². The molecule has 0 saturated carbocycles. The van der Waals surface area contributed by atoms with E-state index in [4.69, 9.17) is 9.47 Å². The van der Waals surface area contributed by atoms with Gasteiger partial charge in [0, 0.05) is 11.5 Å². The van der Waals surface area contributed by atoms with Crippen molar-refractivity contribution in [1.82, 2.24) is 0 Å². The van der Waals surface area contributed by atoms with Crippen molar-refractivity contribution < 1.29 is 13.9 Å². The maximum absolute atomic E-state index is 13.1. The van der Waals surface area contributed by atoms with Crippen LogP contribution in [0.15, 0.2) is 42.5 Å². The molecule has 3 atom stereocenters. The Labute approximate surface area is 149 Å². The van der Waals surface area contributed by atoms with Crippen LogP contribution in [0.1, 0.15) is 49.5 Å². The molecule has 1 fully saturated rings. The summed E-state index contributed by atoms with van der Waals surface area (Å²) >= 11 is 0. The summed E-state index contributed by atoms with van der Waals surface area (Å²) in [4.78, 5) is 0. The van der Waals surface area contributed by atoms with Gasteiger partial charge in [0.1, 0.15) is 17.2 Å². The SMILES string of the molecule is Cc1ccc2c(c1)[C@H]1O[C@@H](Cc3ccc(F)cc3)CC[C@@H]1C(C)(C)O2. The van der Waals surface area contributed by atoms with Gasteiger partial charge in [-0.2, -0.15) is 0 Å². The Morgan fingerprint density at radius 1 is 1.08 bits per heavy atom. The number of benzene rings is 2. The molecule has 2 aromatic rings. The van der Waals surface area contributed by atoms with Gasteiger partial charge in [0.05, 0.1) is 12.2 Å². The fourth-order valence-electron chi connectivity index (χ4n) is 4.27. The van der Waals surface area contributed by atoms with Gasteiger partial charge in [-0.3, -0.25) is 0 Å². The van der Waals surface area contributed by atoms with Crippen molar-refractivity contribution in [3.63, 3.8) is 0 Å². The maximum atomic E-state index is 13.1. The molecule has 0 radical (unpaired) electrons. The van der Waals surface area contributed by atoms with Crippen molar-refractivity contribution in [2.24, 2.45) is 5.92 Å². The van der Waals surface area contributed by atoms with Crippen molar-refractivity contribution in [2.75, 3.05) is 0 Å². The maximum Gasteiger partial charge on any atom is 0.125 e. The molecule has 0 N–H and O–H groups in total. The molecule has 2 aromatic carbocycles. The van der Waals surface area contributed by atoms with E-state index in [2.05, 4.69) is 39.0 Å². The van der Waals surface area contributed by atoms with E-state index < -0.39 is 0 Å². The number of hydrogen-bond donors (Lipinski definition) is 0. The molecule has 2 heterocycles. The Hall–Kier alpha value is -1.87. The molecule has 2 nitrogen and oxygen atoms in total. The van der Waals surface area contributed by atoms with E-state index in [0.717, 1.165) is 30.6 Å². The second-order valence-electron chi connectivity index (χ2n) is 7.94. The topological polar surface area (TPSA) is 18.5 Å². The third-order valence-corrected chi connectivity index (χ3v) is 5.62. The number of halogens is 1. The van der Waals surface area contributed by atoms with Crippen LogP contribution >= 0.6 is 0 Å². The van der Waals surface area contributed by atoms with Crippen molar-refractivity contribution in [1.29, 1.82) is 0 Å². The van der Waals surface area contributed by atoms with Gasteiger partial charge in [0.25, 0.3) is 0 Å². The molecule has 2 aliphatic rings. The number of aryl methyl sites for hydroxylation is 1. The van der Waals surface area contributed by atoms with Gasteiger partial charge >= 0.3 is 0 Å². The fraction of sp³-hybridized carbons (Fsp3) is 0.455.